The van der Waals surface area contributed by atoms with Gasteiger partial charge in [-0.25, -0.2) is 4.79 Å². The number of thiophene rings is 1. The van der Waals surface area contributed by atoms with Crippen LogP contribution >= 0.6 is 23.6 Å². The Hall–Kier alpha value is -2.20. The summed E-state index contributed by atoms with van der Waals surface area (Å²) in [6.07, 6.45) is -0.341. The molecule has 0 spiro atoms. The van der Waals surface area contributed by atoms with E-state index in [2.05, 4.69) is 10.2 Å². The molecule has 2 amide bonds. The highest BCUT2D eigenvalue weighted by Crippen LogP contribution is 2.23. The number of carbonyl (C=O) groups excluding carboxylic acids is 2. The van der Waals surface area contributed by atoms with Crippen molar-refractivity contribution in [2.45, 2.75) is 32.9 Å². The average molecular weight is 410 g/mol. The first kappa shape index (κ1) is 19.6. The summed E-state index contributed by atoms with van der Waals surface area (Å²) in [5.74, 6) is 0.616. The molecule has 1 saturated heterocycles. The van der Waals surface area contributed by atoms with Crippen molar-refractivity contribution in [3.05, 3.63) is 22.3 Å². The molecular weight excluding hydrogens is 386 g/mol. The van der Waals surface area contributed by atoms with Crippen molar-refractivity contribution in [2.75, 3.05) is 26.2 Å². The molecule has 1 N–H and O–H groups in total. The van der Waals surface area contributed by atoms with Gasteiger partial charge >= 0.3 is 6.09 Å². The van der Waals surface area contributed by atoms with Crippen molar-refractivity contribution >= 4 is 35.6 Å². The van der Waals surface area contributed by atoms with E-state index >= 15 is 0 Å². The first-order valence-corrected chi connectivity index (χ1v) is 9.98. The highest BCUT2D eigenvalue weighted by Gasteiger charge is 2.28. The van der Waals surface area contributed by atoms with Gasteiger partial charge in [0, 0.05) is 26.2 Å². The predicted molar refractivity (Wildman–Crippen MR) is 105 cm³/mol. The Morgan fingerprint density at radius 3 is 2.52 bits per heavy atom. The first-order chi connectivity index (χ1) is 12.7. The summed E-state index contributed by atoms with van der Waals surface area (Å²) in [5.41, 5.74) is -0.528. The fourth-order valence-electron chi connectivity index (χ4n) is 2.76. The first-order valence-electron chi connectivity index (χ1n) is 8.69. The lowest BCUT2D eigenvalue weighted by molar-refractivity contribution is -0.133. The van der Waals surface area contributed by atoms with Crippen molar-refractivity contribution in [1.82, 2.24) is 24.6 Å². The van der Waals surface area contributed by atoms with Gasteiger partial charge in [0.05, 0.1) is 4.88 Å². The van der Waals surface area contributed by atoms with Crippen molar-refractivity contribution in [3.8, 4) is 10.7 Å². The fraction of sp³-hybridized carbons (Fsp3) is 0.529. The maximum absolute atomic E-state index is 12.7. The van der Waals surface area contributed by atoms with Crippen LogP contribution in [0.2, 0.25) is 0 Å². The van der Waals surface area contributed by atoms with Gasteiger partial charge in [0.15, 0.2) is 10.6 Å². The van der Waals surface area contributed by atoms with Gasteiger partial charge in [0.2, 0.25) is 5.91 Å². The van der Waals surface area contributed by atoms with E-state index in [-0.39, 0.29) is 18.5 Å². The van der Waals surface area contributed by atoms with Crippen LogP contribution in [0.5, 0.6) is 0 Å². The van der Waals surface area contributed by atoms with Crippen LogP contribution in [0.15, 0.2) is 17.5 Å². The smallest absolute Gasteiger partial charge is 0.410 e. The lowest BCUT2D eigenvalue weighted by atomic mass is 10.2. The number of rotatable bonds is 3. The summed E-state index contributed by atoms with van der Waals surface area (Å²) < 4.78 is 7.51. The summed E-state index contributed by atoms with van der Waals surface area (Å²) >= 11 is 6.82. The molecule has 2 aromatic rings. The average Bonchev–Trinajstić information content (AvgIpc) is 3.24. The third kappa shape index (κ3) is 4.75. The molecule has 8 nitrogen and oxygen atoms in total. The molecule has 0 aliphatic carbocycles. The maximum Gasteiger partial charge on any atom is 0.410 e. The Kier molecular flexibility index (Phi) is 5.66. The van der Waals surface area contributed by atoms with E-state index in [1.807, 2.05) is 38.3 Å². The Bertz CT molecular complexity index is 858. The zero-order valence-electron chi connectivity index (χ0n) is 15.6. The van der Waals surface area contributed by atoms with Crippen molar-refractivity contribution in [2.24, 2.45) is 0 Å². The van der Waals surface area contributed by atoms with E-state index in [9.17, 15) is 9.59 Å². The highest BCUT2D eigenvalue weighted by atomic mass is 32.1. The number of carbonyl (C=O) groups is 2. The lowest BCUT2D eigenvalue weighted by Crippen LogP contribution is -2.52. The summed E-state index contributed by atoms with van der Waals surface area (Å²) in [5, 5.41) is 8.95. The molecule has 146 valence electrons. The number of ether oxygens (including phenoxy) is 1. The predicted octanol–water partition coefficient (Wildman–Crippen LogP) is 2.75. The number of aromatic nitrogens is 3. The maximum atomic E-state index is 12.7. The van der Waals surface area contributed by atoms with Gasteiger partial charge in [0.1, 0.15) is 12.1 Å². The van der Waals surface area contributed by atoms with Crippen LogP contribution in [0, 0.1) is 4.77 Å². The molecule has 1 aliphatic rings. The number of H-pyrrole nitrogens is 1. The minimum atomic E-state index is -0.528. The number of amides is 2. The second-order valence-corrected chi connectivity index (χ2v) is 8.60. The van der Waals surface area contributed by atoms with Crippen LogP contribution in [-0.2, 0) is 16.1 Å². The Balaban J connectivity index is 1.61. The number of piperazine rings is 1. The largest absolute Gasteiger partial charge is 0.444 e. The van der Waals surface area contributed by atoms with Crippen LogP contribution in [0.1, 0.15) is 20.8 Å². The molecule has 0 atom stereocenters. The van der Waals surface area contributed by atoms with Crippen LogP contribution in [-0.4, -0.2) is 68.3 Å². The van der Waals surface area contributed by atoms with Crippen molar-refractivity contribution < 1.29 is 14.3 Å². The molecule has 2 aromatic heterocycles. The van der Waals surface area contributed by atoms with Crippen molar-refractivity contribution in [3.63, 3.8) is 0 Å². The minimum absolute atomic E-state index is 0.0471. The third-order valence-electron chi connectivity index (χ3n) is 4.08. The van der Waals surface area contributed by atoms with E-state index in [1.165, 1.54) is 0 Å². The molecule has 0 saturated carbocycles. The van der Waals surface area contributed by atoms with Gasteiger partial charge in [0.25, 0.3) is 0 Å². The molecule has 0 aromatic carbocycles. The second kappa shape index (κ2) is 7.81. The highest BCUT2D eigenvalue weighted by molar-refractivity contribution is 7.71. The topological polar surface area (TPSA) is 83.5 Å². The SMILES string of the molecule is CC(C)(C)OC(=O)N1CCN(C(=O)Cn2c(-c3cccs3)n[nH]c2=S)CC1. The molecule has 3 heterocycles. The minimum Gasteiger partial charge on any atom is -0.444 e. The Morgan fingerprint density at radius 2 is 1.93 bits per heavy atom. The van der Waals surface area contributed by atoms with Crippen molar-refractivity contribution in [1.29, 1.82) is 0 Å². The number of hydrogen-bond donors (Lipinski definition) is 1. The van der Waals surface area contributed by atoms with Crippen LogP contribution in [0.4, 0.5) is 4.79 Å². The van der Waals surface area contributed by atoms with E-state index in [0.29, 0.717) is 36.8 Å². The van der Waals surface area contributed by atoms with Gasteiger partial charge < -0.3 is 14.5 Å². The Labute approximate surface area is 166 Å². The standard InChI is InChI=1S/C17H23N5O3S2/c1-17(2,3)25-16(24)21-8-6-20(7-9-21)13(23)11-22-14(18-19-15(22)26)12-5-4-10-27-12/h4-5,10H,6-9,11H2,1-3H3,(H,19,26). The summed E-state index contributed by atoms with van der Waals surface area (Å²) in [6, 6.07) is 3.87. The number of hydrogen-bond acceptors (Lipinski definition) is 6. The summed E-state index contributed by atoms with van der Waals surface area (Å²) in [7, 11) is 0. The molecular formula is C17H23N5O3S2. The van der Waals surface area contributed by atoms with Gasteiger partial charge in [-0.05, 0) is 44.4 Å². The zero-order chi connectivity index (χ0) is 19.6. The zero-order valence-corrected chi connectivity index (χ0v) is 17.2. The molecule has 0 radical (unpaired) electrons. The van der Waals surface area contributed by atoms with E-state index < -0.39 is 5.60 Å². The molecule has 1 fully saturated rings. The van der Waals surface area contributed by atoms with Gasteiger partial charge in [-0.1, -0.05) is 6.07 Å². The number of nitrogens with zero attached hydrogens (tertiary/aromatic N) is 4. The fourth-order valence-corrected chi connectivity index (χ4v) is 3.68. The second-order valence-electron chi connectivity index (χ2n) is 7.26. The van der Waals surface area contributed by atoms with E-state index in [0.717, 1.165) is 4.88 Å². The van der Waals surface area contributed by atoms with Gasteiger partial charge in [-0.3, -0.25) is 14.5 Å². The van der Waals surface area contributed by atoms with Crippen LogP contribution in [0.25, 0.3) is 10.7 Å². The monoisotopic (exact) mass is 409 g/mol. The van der Waals surface area contributed by atoms with Crippen LogP contribution in [0.3, 0.4) is 0 Å². The van der Waals surface area contributed by atoms with Crippen LogP contribution < -0.4 is 0 Å². The van der Waals surface area contributed by atoms with Gasteiger partial charge in [-0.2, -0.15) is 5.10 Å². The van der Waals surface area contributed by atoms with E-state index in [1.54, 1.807) is 25.7 Å². The molecule has 0 unspecified atom stereocenters. The molecule has 27 heavy (non-hydrogen) atoms. The number of nitrogens with one attached hydrogen (secondary N) is 1. The third-order valence-corrected chi connectivity index (χ3v) is 5.25. The Morgan fingerprint density at radius 1 is 1.26 bits per heavy atom. The van der Waals surface area contributed by atoms with E-state index in [4.69, 9.17) is 17.0 Å². The lowest BCUT2D eigenvalue weighted by Gasteiger charge is -2.35. The molecule has 3 rings (SSSR count). The normalized spacial score (nSPS) is 15.1. The van der Waals surface area contributed by atoms with Gasteiger partial charge in [-0.15, -0.1) is 11.3 Å². The molecule has 10 heteroatoms. The molecule has 0 bridgehead atoms. The number of aromatic amines is 1. The summed E-state index contributed by atoms with van der Waals surface area (Å²) in [6.45, 7) is 7.48. The molecule has 1 aliphatic heterocycles. The quantitative estimate of drug-likeness (QED) is 0.788. The summed E-state index contributed by atoms with van der Waals surface area (Å²) in [4.78, 5) is 29.2.